The molecule has 0 aliphatic rings. The summed E-state index contributed by atoms with van der Waals surface area (Å²) in [4.78, 5) is 12.1. The van der Waals surface area contributed by atoms with Gasteiger partial charge in [-0.15, -0.1) is 11.3 Å². The predicted molar refractivity (Wildman–Crippen MR) is 69.2 cm³/mol. The Labute approximate surface area is 104 Å². The number of carbonyl (C=O) groups excluding carboxylic acids is 1. The minimum Gasteiger partial charge on any atom is -0.461 e. The van der Waals surface area contributed by atoms with Crippen molar-refractivity contribution in [3.05, 3.63) is 52.2 Å². The molecule has 0 radical (unpaired) electrons. The van der Waals surface area contributed by atoms with Crippen molar-refractivity contribution in [2.75, 3.05) is 12.3 Å². The fourth-order valence-electron chi connectivity index (χ4n) is 1.46. The second kappa shape index (κ2) is 5.50. The van der Waals surface area contributed by atoms with Crippen LogP contribution in [0.5, 0.6) is 0 Å². The molecule has 0 spiro atoms. The molecule has 3 nitrogen and oxygen atoms in total. The topological polar surface area (TPSA) is 52.3 Å². The van der Waals surface area contributed by atoms with Gasteiger partial charge in [-0.1, -0.05) is 30.3 Å². The van der Waals surface area contributed by atoms with Crippen molar-refractivity contribution in [1.29, 1.82) is 0 Å². The van der Waals surface area contributed by atoms with E-state index < -0.39 is 0 Å². The number of esters is 1. The van der Waals surface area contributed by atoms with Crippen LogP contribution in [0.2, 0.25) is 0 Å². The molecule has 0 amide bonds. The largest absolute Gasteiger partial charge is 0.461 e. The number of nitrogen functional groups attached to an aromatic ring is 1. The van der Waals surface area contributed by atoms with Crippen molar-refractivity contribution < 1.29 is 9.53 Å². The van der Waals surface area contributed by atoms with Gasteiger partial charge in [0, 0.05) is 6.42 Å². The third kappa shape index (κ3) is 3.07. The zero-order chi connectivity index (χ0) is 12.1. The molecule has 0 aliphatic heterocycles. The van der Waals surface area contributed by atoms with Crippen molar-refractivity contribution in [3.63, 3.8) is 0 Å². The smallest absolute Gasteiger partial charge is 0.350 e. The van der Waals surface area contributed by atoms with Crippen LogP contribution in [0.3, 0.4) is 0 Å². The fraction of sp³-hybridized carbons (Fsp3) is 0.154. The Balaban J connectivity index is 1.84. The molecule has 2 rings (SSSR count). The van der Waals surface area contributed by atoms with Gasteiger partial charge in [-0.3, -0.25) is 0 Å². The molecule has 0 saturated heterocycles. The number of hydrogen-bond acceptors (Lipinski definition) is 4. The number of ether oxygens (including phenoxy) is 1. The van der Waals surface area contributed by atoms with Gasteiger partial charge < -0.3 is 10.5 Å². The van der Waals surface area contributed by atoms with Gasteiger partial charge in [0.25, 0.3) is 0 Å². The molecule has 1 aromatic carbocycles. The zero-order valence-electron chi connectivity index (χ0n) is 9.26. The van der Waals surface area contributed by atoms with Crippen LogP contribution in [-0.2, 0) is 11.2 Å². The summed E-state index contributed by atoms with van der Waals surface area (Å²) in [6, 6.07) is 11.6. The Bertz CT molecular complexity index is 493. The minimum absolute atomic E-state index is 0.339. The quantitative estimate of drug-likeness (QED) is 0.845. The number of anilines is 1. The van der Waals surface area contributed by atoms with E-state index in [1.165, 1.54) is 11.3 Å². The Morgan fingerprint density at radius 1 is 1.24 bits per heavy atom. The molecule has 0 bridgehead atoms. The van der Waals surface area contributed by atoms with Gasteiger partial charge in [-0.25, -0.2) is 4.79 Å². The number of nitrogens with two attached hydrogens (primary N) is 1. The van der Waals surface area contributed by atoms with Crippen LogP contribution < -0.4 is 5.73 Å². The maximum atomic E-state index is 11.6. The molecule has 2 N–H and O–H groups in total. The lowest BCUT2D eigenvalue weighted by Gasteiger charge is -2.04. The normalized spacial score (nSPS) is 10.1. The van der Waals surface area contributed by atoms with Crippen LogP contribution in [0.15, 0.2) is 41.8 Å². The third-order valence-electron chi connectivity index (χ3n) is 2.35. The Hall–Kier alpha value is -1.81. The molecule has 0 unspecified atom stereocenters. The molecule has 0 atom stereocenters. The SMILES string of the molecule is Nc1ccsc1C(=O)OCCc1ccccc1. The van der Waals surface area contributed by atoms with Crippen molar-refractivity contribution in [2.24, 2.45) is 0 Å². The first-order chi connectivity index (χ1) is 8.27. The lowest BCUT2D eigenvalue weighted by atomic mass is 10.2. The fourth-order valence-corrected chi connectivity index (χ4v) is 2.17. The monoisotopic (exact) mass is 247 g/mol. The van der Waals surface area contributed by atoms with Crippen molar-refractivity contribution >= 4 is 23.0 Å². The van der Waals surface area contributed by atoms with Crippen LogP contribution >= 0.6 is 11.3 Å². The average molecular weight is 247 g/mol. The van der Waals surface area contributed by atoms with E-state index in [4.69, 9.17) is 10.5 Å². The first-order valence-electron chi connectivity index (χ1n) is 5.31. The van der Waals surface area contributed by atoms with E-state index in [0.29, 0.717) is 17.2 Å². The number of hydrogen-bond donors (Lipinski definition) is 1. The third-order valence-corrected chi connectivity index (χ3v) is 3.26. The summed E-state index contributed by atoms with van der Waals surface area (Å²) < 4.78 is 5.16. The standard InChI is InChI=1S/C13H13NO2S/c14-11-7-9-17-12(11)13(15)16-8-6-10-4-2-1-3-5-10/h1-5,7,9H,6,8,14H2. The van der Waals surface area contributed by atoms with Gasteiger partial charge in [0.05, 0.1) is 12.3 Å². The summed E-state index contributed by atoms with van der Waals surface area (Å²) in [5.41, 5.74) is 7.27. The van der Waals surface area contributed by atoms with Crippen molar-refractivity contribution in [2.45, 2.75) is 6.42 Å². The molecule has 0 saturated carbocycles. The summed E-state index contributed by atoms with van der Waals surface area (Å²) in [5.74, 6) is -0.339. The molecule has 17 heavy (non-hydrogen) atoms. The minimum atomic E-state index is -0.339. The Morgan fingerprint density at radius 3 is 2.65 bits per heavy atom. The molecule has 88 valence electrons. The average Bonchev–Trinajstić information content (AvgIpc) is 2.77. The molecule has 0 aliphatic carbocycles. The molecule has 4 heteroatoms. The maximum absolute atomic E-state index is 11.6. The van der Waals surface area contributed by atoms with Crippen LogP contribution in [0.25, 0.3) is 0 Å². The number of carbonyl (C=O) groups is 1. The summed E-state index contributed by atoms with van der Waals surface area (Å²) in [6.07, 6.45) is 0.720. The lowest BCUT2D eigenvalue weighted by molar-refractivity contribution is 0.0516. The molecule has 2 aromatic rings. The van der Waals surface area contributed by atoms with E-state index in [-0.39, 0.29) is 5.97 Å². The number of benzene rings is 1. The van der Waals surface area contributed by atoms with Gasteiger partial charge in [0.2, 0.25) is 0 Å². The van der Waals surface area contributed by atoms with Crippen molar-refractivity contribution in [1.82, 2.24) is 0 Å². The molecule has 0 fully saturated rings. The summed E-state index contributed by atoms with van der Waals surface area (Å²) in [7, 11) is 0. The predicted octanol–water partition coefficient (Wildman–Crippen LogP) is 2.73. The van der Waals surface area contributed by atoms with Gasteiger partial charge in [-0.05, 0) is 17.0 Å². The zero-order valence-corrected chi connectivity index (χ0v) is 10.1. The first-order valence-corrected chi connectivity index (χ1v) is 6.19. The summed E-state index contributed by atoms with van der Waals surface area (Å²) in [5, 5.41) is 1.78. The highest BCUT2D eigenvalue weighted by Gasteiger charge is 2.12. The van der Waals surface area contributed by atoms with E-state index in [1.54, 1.807) is 11.4 Å². The van der Waals surface area contributed by atoms with E-state index in [1.807, 2.05) is 30.3 Å². The molecule has 1 heterocycles. The van der Waals surface area contributed by atoms with Gasteiger partial charge in [0.15, 0.2) is 0 Å². The van der Waals surface area contributed by atoms with E-state index in [0.717, 1.165) is 12.0 Å². The summed E-state index contributed by atoms with van der Waals surface area (Å²) in [6.45, 7) is 0.375. The van der Waals surface area contributed by atoms with Crippen LogP contribution in [0.4, 0.5) is 5.69 Å². The highest BCUT2D eigenvalue weighted by molar-refractivity contribution is 7.12. The second-order valence-corrected chi connectivity index (χ2v) is 4.49. The Morgan fingerprint density at radius 2 is 2.00 bits per heavy atom. The van der Waals surface area contributed by atoms with Gasteiger partial charge in [-0.2, -0.15) is 0 Å². The van der Waals surface area contributed by atoms with Gasteiger partial charge >= 0.3 is 5.97 Å². The maximum Gasteiger partial charge on any atom is 0.350 e. The van der Waals surface area contributed by atoms with Crippen LogP contribution in [0.1, 0.15) is 15.2 Å². The highest BCUT2D eigenvalue weighted by atomic mass is 32.1. The molecular formula is C13H13NO2S. The van der Waals surface area contributed by atoms with Crippen molar-refractivity contribution in [3.8, 4) is 0 Å². The molecular weight excluding hydrogens is 234 g/mol. The van der Waals surface area contributed by atoms with E-state index >= 15 is 0 Å². The van der Waals surface area contributed by atoms with Crippen LogP contribution in [0, 0.1) is 0 Å². The number of rotatable bonds is 4. The first kappa shape index (κ1) is 11.7. The van der Waals surface area contributed by atoms with Crippen LogP contribution in [-0.4, -0.2) is 12.6 Å². The lowest BCUT2D eigenvalue weighted by Crippen LogP contribution is -2.08. The Kier molecular flexibility index (Phi) is 3.77. The second-order valence-electron chi connectivity index (χ2n) is 3.58. The number of thiophene rings is 1. The van der Waals surface area contributed by atoms with Gasteiger partial charge in [0.1, 0.15) is 4.88 Å². The summed E-state index contributed by atoms with van der Waals surface area (Å²) >= 11 is 1.30. The highest BCUT2D eigenvalue weighted by Crippen LogP contribution is 2.19. The molecule has 1 aromatic heterocycles. The van der Waals surface area contributed by atoms with E-state index in [9.17, 15) is 4.79 Å². The van der Waals surface area contributed by atoms with E-state index in [2.05, 4.69) is 0 Å².